The van der Waals surface area contributed by atoms with Crippen LogP contribution in [-0.2, 0) is 15.4 Å². The summed E-state index contributed by atoms with van der Waals surface area (Å²) in [5, 5.41) is 10.00. The van der Waals surface area contributed by atoms with Gasteiger partial charge in [0.25, 0.3) is 0 Å². The average molecular weight is 538 g/mol. The monoisotopic (exact) mass is 536 g/mol. The van der Waals surface area contributed by atoms with Crippen LogP contribution in [-0.4, -0.2) is 39.8 Å². The molecule has 0 heterocycles. The molecule has 3 aliphatic carbocycles. The Bertz CT molecular complexity index is 1230. The lowest BCUT2D eigenvalue weighted by Crippen LogP contribution is -2.37. The molecule has 5 rings (SSSR count). The second kappa shape index (κ2) is 9.82. The van der Waals surface area contributed by atoms with Gasteiger partial charge < -0.3 is 9.47 Å². The third-order valence-corrected chi connectivity index (χ3v) is 8.47. The molecule has 1 N–H and O–H groups in total. The van der Waals surface area contributed by atoms with Crippen LogP contribution >= 0.6 is 23.2 Å². The quantitative estimate of drug-likeness (QED) is 0.418. The molecule has 0 spiro atoms. The fraction of sp³-hybridized carbons (Fsp3) is 0.500. The topological polar surface area (TPSA) is 88.4 Å². The molecule has 6 nitrogen and oxygen atoms in total. The van der Waals surface area contributed by atoms with Crippen molar-refractivity contribution in [2.45, 2.75) is 44.6 Å². The first-order valence-electron chi connectivity index (χ1n) is 11.6. The maximum Gasteiger partial charge on any atom is 0.208 e. The number of alkyl halides is 1. The first-order chi connectivity index (χ1) is 16.5. The van der Waals surface area contributed by atoms with Crippen molar-refractivity contribution in [3.8, 4) is 17.6 Å². The molecule has 188 valence electrons. The van der Waals surface area contributed by atoms with Crippen LogP contribution in [0.3, 0.4) is 0 Å². The van der Waals surface area contributed by atoms with E-state index in [2.05, 4.69) is 24.6 Å². The number of hydrogen-bond donors (Lipinski definition) is 1. The average Bonchev–Trinajstić information content (AvgIpc) is 3.29. The van der Waals surface area contributed by atoms with Gasteiger partial charge in [0.15, 0.2) is 5.75 Å². The van der Waals surface area contributed by atoms with Crippen molar-refractivity contribution in [1.29, 1.82) is 5.26 Å². The van der Waals surface area contributed by atoms with Crippen LogP contribution in [0.2, 0.25) is 5.02 Å². The van der Waals surface area contributed by atoms with Crippen LogP contribution in [0, 0.1) is 22.7 Å². The highest BCUT2D eigenvalue weighted by molar-refractivity contribution is 7.88. The minimum Gasteiger partial charge on any atom is -0.493 e. The largest absolute Gasteiger partial charge is 0.493 e. The van der Waals surface area contributed by atoms with Crippen molar-refractivity contribution in [3.05, 3.63) is 58.1 Å². The van der Waals surface area contributed by atoms with Gasteiger partial charge in [-0.15, -0.1) is 11.6 Å². The van der Waals surface area contributed by atoms with Gasteiger partial charge in [-0.05, 0) is 60.6 Å². The van der Waals surface area contributed by atoms with Crippen molar-refractivity contribution in [2.75, 3.05) is 25.3 Å². The maximum absolute atomic E-state index is 11.6. The molecule has 2 aromatic rings. The molecule has 3 saturated carbocycles. The van der Waals surface area contributed by atoms with E-state index in [1.807, 2.05) is 36.4 Å². The normalized spacial score (nSPS) is 23.4. The molecule has 3 aliphatic rings. The number of halogens is 2. The van der Waals surface area contributed by atoms with E-state index in [1.165, 1.54) is 6.26 Å². The van der Waals surface area contributed by atoms with E-state index in [0.29, 0.717) is 34.7 Å². The molecular weight excluding hydrogens is 507 g/mol. The zero-order valence-corrected chi connectivity index (χ0v) is 22.4. The molecule has 1 atom stereocenters. The van der Waals surface area contributed by atoms with Gasteiger partial charge in [0.1, 0.15) is 18.4 Å². The highest BCUT2D eigenvalue weighted by Crippen LogP contribution is 2.59. The summed E-state index contributed by atoms with van der Waals surface area (Å²) in [6, 6.07) is 13.8. The summed E-state index contributed by atoms with van der Waals surface area (Å²) in [5.74, 6) is 1.86. The van der Waals surface area contributed by atoms with Crippen LogP contribution in [0.5, 0.6) is 11.5 Å². The van der Waals surface area contributed by atoms with Crippen LogP contribution in [0.25, 0.3) is 0 Å². The summed E-state index contributed by atoms with van der Waals surface area (Å²) in [7, 11) is -3.19. The first kappa shape index (κ1) is 26.1. The van der Waals surface area contributed by atoms with Crippen molar-refractivity contribution in [3.63, 3.8) is 0 Å². The zero-order chi connectivity index (χ0) is 25.4. The number of rotatable bonds is 10. The third kappa shape index (κ3) is 5.56. The summed E-state index contributed by atoms with van der Waals surface area (Å²) in [6.07, 6.45) is 4.03. The second-order valence-corrected chi connectivity index (χ2v) is 12.9. The Kier molecular flexibility index (Phi) is 7.32. The summed E-state index contributed by atoms with van der Waals surface area (Å²) < 4.78 is 37.6. The van der Waals surface area contributed by atoms with Crippen molar-refractivity contribution in [1.82, 2.24) is 4.72 Å². The molecule has 3 fully saturated rings. The maximum atomic E-state index is 11.6. The fourth-order valence-electron chi connectivity index (χ4n) is 5.42. The summed E-state index contributed by atoms with van der Waals surface area (Å²) in [5.41, 5.74) is 1.99. The Morgan fingerprint density at radius 2 is 1.83 bits per heavy atom. The lowest BCUT2D eigenvalue weighted by molar-refractivity contribution is 0.0683. The summed E-state index contributed by atoms with van der Waals surface area (Å²) in [4.78, 5) is 0. The Hall–Kier alpha value is -1.98. The lowest BCUT2D eigenvalue weighted by Gasteiger charge is -2.38. The highest BCUT2D eigenvalue weighted by Gasteiger charge is 2.57. The van der Waals surface area contributed by atoms with Gasteiger partial charge in [0.05, 0.1) is 29.3 Å². The summed E-state index contributed by atoms with van der Waals surface area (Å²) >= 11 is 12.2. The van der Waals surface area contributed by atoms with Gasteiger partial charge in [-0.2, -0.15) is 5.26 Å². The minimum atomic E-state index is -3.19. The Morgan fingerprint density at radius 3 is 2.43 bits per heavy atom. The fourth-order valence-corrected chi connectivity index (χ4v) is 6.60. The van der Waals surface area contributed by atoms with Gasteiger partial charge in [0, 0.05) is 16.9 Å². The number of sulfonamides is 1. The molecule has 0 aromatic heterocycles. The van der Waals surface area contributed by atoms with Crippen LogP contribution < -0.4 is 14.2 Å². The smallest absolute Gasteiger partial charge is 0.208 e. The molecule has 2 aromatic carbocycles. The van der Waals surface area contributed by atoms with Crippen molar-refractivity contribution < 1.29 is 17.9 Å². The minimum absolute atomic E-state index is 0.0219. The van der Waals surface area contributed by atoms with Crippen LogP contribution in [0.4, 0.5) is 0 Å². The number of hydrogen-bond acceptors (Lipinski definition) is 5. The van der Waals surface area contributed by atoms with Crippen LogP contribution in [0.1, 0.15) is 49.8 Å². The molecule has 9 heteroatoms. The van der Waals surface area contributed by atoms with E-state index in [1.54, 1.807) is 0 Å². The second-order valence-electron chi connectivity index (χ2n) is 10.3. The summed E-state index contributed by atoms with van der Waals surface area (Å²) in [6.45, 7) is 5.02. The number of ether oxygens (including phenoxy) is 2. The molecule has 1 unspecified atom stereocenters. The molecule has 35 heavy (non-hydrogen) atoms. The van der Waals surface area contributed by atoms with E-state index in [-0.39, 0.29) is 18.1 Å². The molecule has 0 saturated heterocycles. The van der Waals surface area contributed by atoms with E-state index in [9.17, 15) is 13.7 Å². The number of fused-ring (bicyclic) bond motifs is 1. The molecule has 0 aliphatic heterocycles. The first-order valence-corrected chi connectivity index (χ1v) is 14.4. The number of nitrogens with zero attached hydrogens (tertiary/aromatic N) is 1. The number of nitriles is 1. The van der Waals surface area contributed by atoms with E-state index in [4.69, 9.17) is 32.7 Å². The van der Waals surface area contributed by atoms with E-state index < -0.39 is 15.4 Å². The Labute approximate surface area is 217 Å². The van der Waals surface area contributed by atoms with Gasteiger partial charge >= 0.3 is 0 Å². The molecular formula is C26H30Cl2N2O4S. The van der Waals surface area contributed by atoms with Crippen molar-refractivity contribution in [2.24, 2.45) is 11.3 Å². The van der Waals surface area contributed by atoms with Crippen LogP contribution in [0.15, 0.2) is 36.4 Å². The van der Waals surface area contributed by atoms with Gasteiger partial charge in [0.2, 0.25) is 10.0 Å². The van der Waals surface area contributed by atoms with Crippen molar-refractivity contribution >= 4 is 33.2 Å². The van der Waals surface area contributed by atoms with Gasteiger partial charge in [-0.1, -0.05) is 37.6 Å². The highest BCUT2D eigenvalue weighted by atomic mass is 35.5. The Morgan fingerprint density at radius 1 is 1.14 bits per heavy atom. The molecule has 2 bridgehead atoms. The number of benzene rings is 2. The Balaban J connectivity index is 1.43. The standard InChI is InChI=1S/C26H30Cl2N2O4S/c1-25(2,20-10-17(15-29)24(22(28)11-20)33-9-8-27)19-4-6-21(7-5-19)34-16-26-12-18(13-26)23(14-26)30-35(3,31)32/h4-7,10-11,18,23,30H,8-9,12-14,16H2,1-3H3. The molecule has 0 radical (unpaired) electrons. The van der Waals surface area contributed by atoms with Gasteiger partial charge in [-0.25, -0.2) is 13.1 Å². The predicted octanol–water partition coefficient (Wildman–Crippen LogP) is 5.25. The zero-order valence-electron chi connectivity index (χ0n) is 20.1. The molecule has 0 amide bonds. The number of nitrogens with one attached hydrogen (secondary N) is 1. The van der Waals surface area contributed by atoms with E-state index in [0.717, 1.165) is 36.1 Å². The predicted molar refractivity (Wildman–Crippen MR) is 138 cm³/mol. The lowest BCUT2D eigenvalue weighted by atomic mass is 9.70. The van der Waals surface area contributed by atoms with Gasteiger partial charge in [-0.3, -0.25) is 0 Å². The third-order valence-electron chi connectivity index (χ3n) is 7.31. The van der Waals surface area contributed by atoms with E-state index >= 15 is 0 Å². The SMILES string of the molecule is CC(C)(c1ccc(OCC23CC(C2)C(NS(C)(=O)=O)C3)cc1)c1cc(Cl)c(OCCCl)c(C#N)c1.